The number of halogens is 1. The van der Waals surface area contributed by atoms with Gasteiger partial charge in [-0.3, -0.25) is 0 Å². The van der Waals surface area contributed by atoms with Crippen molar-refractivity contribution in [2.24, 2.45) is 0 Å². The minimum Gasteiger partial charge on any atom is -0.382 e. The lowest BCUT2D eigenvalue weighted by Crippen LogP contribution is -2.40. The van der Waals surface area contributed by atoms with E-state index in [0.717, 1.165) is 18.5 Å². The van der Waals surface area contributed by atoms with E-state index in [1.54, 1.807) is 19.2 Å². The fraction of sp³-hybridized carbons (Fsp3) is 0.455. The first kappa shape index (κ1) is 9.46. The number of hydrogen-bond acceptors (Lipinski definition) is 2. The van der Waals surface area contributed by atoms with Crippen LogP contribution in [0.4, 0.5) is 10.1 Å². The molecule has 0 atom stereocenters. The highest BCUT2D eigenvalue weighted by atomic mass is 19.1. The highest BCUT2D eigenvalue weighted by Gasteiger charge is 2.28. The maximum atomic E-state index is 12.6. The zero-order valence-corrected chi connectivity index (χ0v) is 8.16. The van der Waals surface area contributed by atoms with Gasteiger partial charge in [0.15, 0.2) is 0 Å². The minimum atomic E-state index is -0.195. The molecule has 1 aromatic carbocycles. The van der Waals surface area contributed by atoms with E-state index in [9.17, 15) is 4.39 Å². The van der Waals surface area contributed by atoms with Crippen LogP contribution in [0.5, 0.6) is 0 Å². The Morgan fingerprint density at radius 2 is 1.93 bits per heavy atom. The molecular weight excluding hydrogens is 181 g/mol. The second-order valence-electron chi connectivity index (χ2n) is 3.68. The van der Waals surface area contributed by atoms with Crippen molar-refractivity contribution in [3.63, 3.8) is 0 Å². The average molecular weight is 195 g/mol. The second-order valence-corrected chi connectivity index (χ2v) is 3.68. The Morgan fingerprint density at radius 1 is 1.29 bits per heavy atom. The summed E-state index contributed by atoms with van der Waals surface area (Å²) in [7, 11) is 1.73. The van der Waals surface area contributed by atoms with Gasteiger partial charge in [0.2, 0.25) is 0 Å². The molecule has 3 heteroatoms. The quantitative estimate of drug-likeness (QED) is 0.799. The first-order chi connectivity index (χ1) is 6.78. The molecule has 0 bridgehead atoms. The average Bonchev–Trinajstić information content (AvgIpc) is 2.13. The van der Waals surface area contributed by atoms with Crippen molar-refractivity contribution in [1.82, 2.24) is 0 Å². The molecule has 0 spiro atoms. The van der Waals surface area contributed by atoms with Gasteiger partial charge in [0.25, 0.3) is 0 Å². The van der Waals surface area contributed by atoms with Crippen molar-refractivity contribution in [2.75, 3.05) is 12.4 Å². The third-order valence-electron chi connectivity index (χ3n) is 2.64. The van der Waals surface area contributed by atoms with Crippen LogP contribution < -0.4 is 5.32 Å². The fourth-order valence-electron chi connectivity index (χ4n) is 1.66. The maximum Gasteiger partial charge on any atom is 0.123 e. The molecular formula is C11H14FNO. The molecule has 2 nitrogen and oxygen atoms in total. The SMILES string of the molecule is COC1CC(Nc2ccc(F)cc2)C1. The molecule has 0 saturated heterocycles. The molecule has 2 rings (SSSR count). The number of nitrogens with one attached hydrogen (secondary N) is 1. The van der Waals surface area contributed by atoms with Crippen molar-refractivity contribution in [2.45, 2.75) is 25.0 Å². The van der Waals surface area contributed by atoms with Crippen LogP contribution in [-0.4, -0.2) is 19.3 Å². The van der Waals surface area contributed by atoms with Crippen LogP contribution in [0, 0.1) is 5.82 Å². The number of anilines is 1. The van der Waals surface area contributed by atoms with Gasteiger partial charge < -0.3 is 10.1 Å². The molecule has 76 valence electrons. The fourth-order valence-corrected chi connectivity index (χ4v) is 1.66. The van der Waals surface area contributed by atoms with Gasteiger partial charge in [-0.25, -0.2) is 4.39 Å². The monoisotopic (exact) mass is 195 g/mol. The lowest BCUT2D eigenvalue weighted by atomic mass is 9.89. The molecule has 14 heavy (non-hydrogen) atoms. The van der Waals surface area contributed by atoms with Crippen LogP contribution in [0.3, 0.4) is 0 Å². The summed E-state index contributed by atoms with van der Waals surface area (Å²) in [5.41, 5.74) is 0.978. The second kappa shape index (κ2) is 3.96. The molecule has 1 N–H and O–H groups in total. The van der Waals surface area contributed by atoms with E-state index >= 15 is 0 Å². The van der Waals surface area contributed by atoms with Crippen LogP contribution in [-0.2, 0) is 4.74 Å². The van der Waals surface area contributed by atoms with Gasteiger partial charge >= 0.3 is 0 Å². The number of rotatable bonds is 3. The van der Waals surface area contributed by atoms with E-state index < -0.39 is 0 Å². The number of benzene rings is 1. The standard InChI is InChI=1S/C11H14FNO/c1-14-11-6-10(7-11)13-9-4-2-8(12)3-5-9/h2-5,10-11,13H,6-7H2,1H3. The van der Waals surface area contributed by atoms with E-state index in [4.69, 9.17) is 4.74 Å². The molecule has 1 aliphatic rings. The van der Waals surface area contributed by atoms with Gasteiger partial charge in [-0.15, -0.1) is 0 Å². The van der Waals surface area contributed by atoms with Gasteiger partial charge in [0, 0.05) is 18.8 Å². The van der Waals surface area contributed by atoms with Crippen LogP contribution in [0.1, 0.15) is 12.8 Å². The Bertz CT molecular complexity index is 293. The minimum absolute atomic E-state index is 0.195. The predicted octanol–water partition coefficient (Wildman–Crippen LogP) is 2.42. The van der Waals surface area contributed by atoms with Gasteiger partial charge in [-0.1, -0.05) is 0 Å². The Morgan fingerprint density at radius 3 is 2.50 bits per heavy atom. The van der Waals surface area contributed by atoms with Crippen molar-refractivity contribution < 1.29 is 9.13 Å². The largest absolute Gasteiger partial charge is 0.382 e. The van der Waals surface area contributed by atoms with Crippen molar-refractivity contribution in [3.05, 3.63) is 30.1 Å². The topological polar surface area (TPSA) is 21.3 Å². The van der Waals surface area contributed by atoms with Crippen LogP contribution >= 0.6 is 0 Å². The first-order valence-corrected chi connectivity index (χ1v) is 4.83. The zero-order valence-electron chi connectivity index (χ0n) is 8.16. The first-order valence-electron chi connectivity index (χ1n) is 4.83. The Hall–Kier alpha value is -1.09. The van der Waals surface area contributed by atoms with E-state index in [1.807, 2.05) is 0 Å². The van der Waals surface area contributed by atoms with Crippen LogP contribution in [0.25, 0.3) is 0 Å². The van der Waals surface area contributed by atoms with Crippen LogP contribution in [0.15, 0.2) is 24.3 Å². The Kier molecular flexibility index (Phi) is 2.68. The van der Waals surface area contributed by atoms with Gasteiger partial charge in [-0.2, -0.15) is 0 Å². The van der Waals surface area contributed by atoms with Crippen molar-refractivity contribution >= 4 is 5.69 Å². The summed E-state index contributed by atoms with van der Waals surface area (Å²) in [6.45, 7) is 0. The van der Waals surface area contributed by atoms with Gasteiger partial charge in [0.1, 0.15) is 5.82 Å². The van der Waals surface area contributed by atoms with E-state index in [-0.39, 0.29) is 5.82 Å². The molecule has 1 aliphatic carbocycles. The highest BCUT2D eigenvalue weighted by Crippen LogP contribution is 2.26. The summed E-state index contributed by atoms with van der Waals surface area (Å²) >= 11 is 0. The highest BCUT2D eigenvalue weighted by molar-refractivity contribution is 5.44. The van der Waals surface area contributed by atoms with Gasteiger partial charge in [-0.05, 0) is 37.1 Å². The van der Waals surface area contributed by atoms with Crippen molar-refractivity contribution in [3.8, 4) is 0 Å². The normalized spacial score (nSPS) is 25.6. The van der Waals surface area contributed by atoms with E-state index in [0.29, 0.717) is 12.1 Å². The lowest BCUT2D eigenvalue weighted by molar-refractivity contribution is 0.0329. The van der Waals surface area contributed by atoms with Crippen molar-refractivity contribution in [1.29, 1.82) is 0 Å². The summed E-state index contributed by atoms with van der Waals surface area (Å²) in [4.78, 5) is 0. The molecule has 0 amide bonds. The third-order valence-corrected chi connectivity index (χ3v) is 2.64. The Balaban J connectivity index is 1.84. The number of ether oxygens (including phenoxy) is 1. The Labute approximate surface area is 83.1 Å². The van der Waals surface area contributed by atoms with Gasteiger partial charge in [0.05, 0.1) is 6.10 Å². The number of methoxy groups -OCH3 is 1. The summed E-state index contributed by atoms with van der Waals surface area (Å²) in [5.74, 6) is -0.195. The van der Waals surface area contributed by atoms with E-state index in [1.165, 1.54) is 12.1 Å². The smallest absolute Gasteiger partial charge is 0.123 e. The summed E-state index contributed by atoms with van der Waals surface area (Å²) < 4.78 is 17.8. The summed E-state index contributed by atoms with van der Waals surface area (Å²) in [6.07, 6.45) is 2.47. The molecule has 0 heterocycles. The number of hydrogen-bond donors (Lipinski definition) is 1. The summed E-state index contributed by atoms with van der Waals surface area (Å²) in [5, 5.41) is 3.32. The maximum absolute atomic E-state index is 12.6. The molecule has 0 unspecified atom stereocenters. The van der Waals surface area contributed by atoms with E-state index in [2.05, 4.69) is 5.32 Å². The molecule has 1 aromatic rings. The molecule has 1 fully saturated rings. The predicted molar refractivity (Wildman–Crippen MR) is 53.8 cm³/mol. The molecule has 1 saturated carbocycles. The zero-order chi connectivity index (χ0) is 9.97. The molecule has 0 aliphatic heterocycles. The molecule has 0 radical (unpaired) electrons. The lowest BCUT2D eigenvalue weighted by Gasteiger charge is -2.35. The third kappa shape index (κ3) is 2.04. The van der Waals surface area contributed by atoms with Crippen LogP contribution in [0.2, 0.25) is 0 Å². The molecule has 0 aromatic heterocycles. The summed E-state index contributed by atoms with van der Waals surface area (Å²) in [6, 6.07) is 6.93.